The lowest BCUT2D eigenvalue weighted by molar-refractivity contribution is -0.384. The molecule has 0 radical (unpaired) electrons. The molecule has 0 aromatic heterocycles. The predicted molar refractivity (Wildman–Crippen MR) is 82.9 cm³/mol. The predicted octanol–water partition coefficient (Wildman–Crippen LogP) is 3.19. The number of esters is 1. The zero-order valence-corrected chi connectivity index (χ0v) is 12.9. The molecule has 9 heteroatoms. The second-order valence-corrected chi connectivity index (χ2v) is 4.90. The highest BCUT2D eigenvalue weighted by Crippen LogP contribution is 2.30. The van der Waals surface area contributed by atoms with Crippen molar-refractivity contribution in [1.82, 2.24) is 0 Å². The Hall–Kier alpha value is -3.36. The number of hydrogen-bond acceptors (Lipinski definition) is 5. The van der Waals surface area contributed by atoms with Gasteiger partial charge in [0.05, 0.1) is 4.92 Å². The molecule has 0 spiro atoms. The lowest BCUT2D eigenvalue weighted by Crippen LogP contribution is -2.18. The van der Waals surface area contributed by atoms with Crippen molar-refractivity contribution in [3.8, 4) is 0 Å². The Bertz CT molecular complexity index is 834. The van der Waals surface area contributed by atoms with Crippen LogP contribution >= 0.6 is 0 Å². The van der Waals surface area contributed by atoms with E-state index in [0.29, 0.717) is 0 Å². The molecular weight excluding hydrogens is 338 g/mol. The van der Waals surface area contributed by atoms with Crippen LogP contribution in [0.4, 0.5) is 20.2 Å². The number of ether oxygens (including phenoxy) is 1. The zero-order valence-electron chi connectivity index (χ0n) is 12.9. The largest absolute Gasteiger partial charge is 0.461 e. The Morgan fingerprint density at radius 2 is 1.76 bits per heavy atom. The van der Waals surface area contributed by atoms with Crippen molar-refractivity contribution in [3.63, 3.8) is 0 Å². The first-order valence-corrected chi connectivity index (χ1v) is 6.96. The minimum Gasteiger partial charge on any atom is -0.461 e. The monoisotopic (exact) mass is 350 g/mol. The number of nitro benzene ring substituents is 1. The van der Waals surface area contributed by atoms with Crippen molar-refractivity contribution < 1.29 is 28.0 Å². The molecule has 2 rings (SSSR count). The van der Waals surface area contributed by atoms with Crippen LogP contribution in [0.15, 0.2) is 36.4 Å². The summed E-state index contributed by atoms with van der Waals surface area (Å²) < 4.78 is 32.2. The van der Waals surface area contributed by atoms with Crippen molar-refractivity contribution >= 4 is 23.3 Å². The summed E-state index contributed by atoms with van der Waals surface area (Å²) >= 11 is 0. The summed E-state index contributed by atoms with van der Waals surface area (Å²) in [7, 11) is 0. The molecule has 25 heavy (non-hydrogen) atoms. The third-order valence-electron chi connectivity index (χ3n) is 3.18. The van der Waals surface area contributed by atoms with Crippen LogP contribution in [-0.2, 0) is 16.1 Å². The van der Waals surface area contributed by atoms with Gasteiger partial charge in [0.1, 0.15) is 29.5 Å². The van der Waals surface area contributed by atoms with Gasteiger partial charge in [-0.05, 0) is 12.1 Å². The maximum Gasteiger partial charge on any atom is 0.302 e. The Kier molecular flexibility index (Phi) is 5.38. The third kappa shape index (κ3) is 4.14. The van der Waals surface area contributed by atoms with E-state index in [0.717, 1.165) is 31.2 Å². The van der Waals surface area contributed by atoms with E-state index in [1.165, 1.54) is 12.1 Å². The molecule has 0 saturated heterocycles. The van der Waals surface area contributed by atoms with E-state index in [-0.39, 0.29) is 17.9 Å². The van der Waals surface area contributed by atoms with Crippen molar-refractivity contribution in [2.45, 2.75) is 13.5 Å². The van der Waals surface area contributed by atoms with Crippen molar-refractivity contribution in [1.29, 1.82) is 0 Å². The molecule has 0 aliphatic rings. The summed E-state index contributed by atoms with van der Waals surface area (Å²) in [4.78, 5) is 33.5. The maximum absolute atomic E-state index is 13.7. The van der Waals surface area contributed by atoms with Gasteiger partial charge in [0.15, 0.2) is 0 Å². The van der Waals surface area contributed by atoms with Gasteiger partial charge in [0, 0.05) is 18.6 Å². The molecule has 7 nitrogen and oxygen atoms in total. The van der Waals surface area contributed by atoms with E-state index in [9.17, 15) is 28.5 Å². The maximum atomic E-state index is 13.7. The average Bonchev–Trinajstić information content (AvgIpc) is 2.53. The fourth-order valence-electron chi connectivity index (χ4n) is 2.07. The first kappa shape index (κ1) is 18.0. The minimum absolute atomic E-state index is 0.106. The highest BCUT2D eigenvalue weighted by Gasteiger charge is 2.24. The summed E-state index contributed by atoms with van der Waals surface area (Å²) in [6, 6.07) is 6.66. The first-order valence-electron chi connectivity index (χ1n) is 6.96. The molecular formula is C16H12F2N2O5. The van der Waals surface area contributed by atoms with Crippen LogP contribution in [0, 0.1) is 21.7 Å². The van der Waals surface area contributed by atoms with Crippen LogP contribution < -0.4 is 5.32 Å². The van der Waals surface area contributed by atoms with Crippen molar-refractivity contribution in [3.05, 3.63) is 69.3 Å². The fraction of sp³-hybridized carbons (Fsp3) is 0.125. The Morgan fingerprint density at radius 3 is 2.32 bits per heavy atom. The number of nitrogens with zero attached hydrogens (tertiary/aromatic N) is 1. The van der Waals surface area contributed by atoms with Crippen molar-refractivity contribution in [2.75, 3.05) is 5.32 Å². The van der Waals surface area contributed by atoms with E-state index < -0.39 is 39.7 Å². The molecule has 0 unspecified atom stereocenters. The molecule has 0 aliphatic heterocycles. The highest BCUT2D eigenvalue weighted by atomic mass is 19.1. The number of carbonyl (C=O) groups excluding carboxylic acids is 2. The summed E-state index contributed by atoms with van der Waals surface area (Å²) in [5, 5.41) is 13.3. The van der Waals surface area contributed by atoms with Gasteiger partial charge in [0.25, 0.3) is 11.6 Å². The van der Waals surface area contributed by atoms with Crippen LogP contribution in [0.3, 0.4) is 0 Å². The highest BCUT2D eigenvalue weighted by molar-refractivity contribution is 6.06. The number of carbonyl (C=O) groups is 2. The Morgan fingerprint density at radius 1 is 1.16 bits per heavy atom. The summed E-state index contributed by atoms with van der Waals surface area (Å²) in [6.45, 7) is 0.788. The molecule has 0 bridgehead atoms. The van der Waals surface area contributed by atoms with Gasteiger partial charge in [-0.2, -0.15) is 0 Å². The third-order valence-corrected chi connectivity index (χ3v) is 3.18. The summed E-state index contributed by atoms with van der Waals surface area (Å²) in [6.07, 6.45) is 0. The lowest BCUT2D eigenvalue weighted by atomic mass is 10.1. The SMILES string of the molecule is CC(=O)OCc1cccc([N+](=O)[O-])c1NC(=O)c1c(F)cccc1F. The number of para-hydroxylation sites is 1. The van der Waals surface area contributed by atoms with Gasteiger partial charge in [-0.1, -0.05) is 18.2 Å². The molecule has 0 aliphatic carbocycles. The number of anilines is 1. The molecule has 1 N–H and O–H groups in total. The molecule has 0 saturated carbocycles. The Balaban J connectivity index is 2.44. The van der Waals surface area contributed by atoms with Crippen LogP contribution in [0.1, 0.15) is 22.8 Å². The molecule has 2 aromatic rings. The minimum atomic E-state index is -1.20. The quantitative estimate of drug-likeness (QED) is 0.507. The van der Waals surface area contributed by atoms with Gasteiger partial charge in [-0.15, -0.1) is 0 Å². The Labute approximate surface area is 140 Å². The number of nitro groups is 1. The second-order valence-electron chi connectivity index (χ2n) is 4.90. The molecule has 0 heterocycles. The number of hydrogen-bond donors (Lipinski definition) is 1. The van der Waals surface area contributed by atoms with Gasteiger partial charge in [-0.3, -0.25) is 19.7 Å². The van der Waals surface area contributed by atoms with E-state index in [1.54, 1.807) is 0 Å². The lowest BCUT2D eigenvalue weighted by Gasteiger charge is -2.12. The number of rotatable bonds is 5. The van der Waals surface area contributed by atoms with Crippen molar-refractivity contribution in [2.24, 2.45) is 0 Å². The van der Waals surface area contributed by atoms with E-state index in [1.807, 2.05) is 0 Å². The number of nitrogens with one attached hydrogen (secondary N) is 1. The van der Waals surface area contributed by atoms with Gasteiger partial charge < -0.3 is 10.1 Å². The molecule has 0 fully saturated rings. The average molecular weight is 350 g/mol. The van der Waals surface area contributed by atoms with Gasteiger partial charge in [0.2, 0.25) is 0 Å². The molecule has 0 atom stereocenters. The topological polar surface area (TPSA) is 98.5 Å². The van der Waals surface area contributed by atoms with Gasteiger partial charge >= 0.3 is 5.97 Å². The zero-order chi connectivity index (χ0) is 18.6. The molecule has 130 valence electrons. The van der Waals surface area contributed by atoms with E-state index >= 15 is 0 Å². The first-order chi connectivity index (χ1) is 11.8. The number of halogens is 2. The van der Waals surface area contributed by atoms with Crippen LogP contribution in [-0.4, -0.2) is 16.8 Å². The smallest absolute Gasteiger partial charge is 0.302 e. The number of amides is 1. The normalized spacial score (nSPS) is 10.2. The van der Waals surface area contributed by atoms with E-state index in [4.69, 9.17) is 4.74 Å². The number of benzene rings is 2. The summed E-state index contributed by atoms with van der Waals surface area (Å²) in [5.74, 6) is -4.06. The second kappa shape index (κ2) is 7.47. The fourth-order valence-corrected chi connectivity index (χ4v) is 2.07. The molecule has 1 amide bonds. The van der Waals surface area contributed by atoms with Crippen LogP contribution in [0.5, 0.6) is 0 Å². The van der Waals surface area contributed by atoms with Crippen LogP contribution in [0.25, 0.3) is 0 Å². The molecule has 2 aromatic carbocycles. The summed E-state index contributed by atoms with van der Waals surface area (Å²) in [5.41, 5.74) is -1.58. The van der Waals surface area contributed by atoms with Gasteiger partial charge in [-0.25, -0.2) is 8.78 Å². The van der Waals surface area contributed by atoms with E-state index in [2.05, 4.69) is 5.32 Å². The van der Waals surface area contributed by atoms with Crippen LogP contribution in [0.2, 0.25) is 0 Å². The standard InChI is InChI=1S/C16H12F2N2O5/c1-9(21)25-8-10-4-2-7-13(20(23)24)15(10)19-16(22)14-11(17)5-3-6-12(14)18/h2-7H,8H2,1H3,(H,19,22).